The molecule has 4 aliphatic rings. The molecule has 4 nitrogen and oxygen atoms in total. The molecule has 0 saturated heterocycles. The largest absolute Gasteiger partial charge is 0.390 e. The molecule has 0 radical (unpaired) electrons. The first-order valence-electron chi connectivity index (χ1n) is 14.1. The molecule has 9 atom stereocenters. The lowest BCUT2D eigenvalue weighted by molar-refractivity contribution is -0.171. The lowest BCUT2D eigenvalue weighted by Crippen LogP contribution is -2.58. The van der Waals surface area contributed by atoms with Gasteiger partial charge < -0.3 is 10.2 Å². The predicted octanol–water partition coefficient (Wildman–Crippen LogP) is 5.81. The van der Waals surface area contributed by atoms with Gasteiger partial charge in [-0.15, -0.1) is 6.42 Å². The van der Waals surface area contributed by atoms with E-state index in [1.165, 1.54) is 44.9 Å². The van der Waals surface area contributed by atoms with Gasteiger partial charge >= 0.3 is 0 Å². The number of nitrogens with zero attached hydrogens (tertiary/aromatic N) is 2. The van der Waals surface area contributed by atoms with Gasteiger partial charge in [-0.2, -0.15) is 5.10 Å². The van der Waals surface area contributed by atoms with E-state index in [1.807, 2.05) is 17.8 Å². The summed E-state index contributed by atoms with van der Waals surface area (Å²) < 4.78 is 1.85. The molecule has 4 heteroatoms. The van der Waals surface area contributed by atoms with Crippen LogP contribution in [-0.2, 0) is 6.54 Å². The van der Waals surface area contributed by atoms with Crippen molar-refractivity contribution in [1.82, 2.24) is 9.78 Å². The number of hydrogen-bond donors (Lipinski definition) is 2. The van der Waals surface area contributed by atoms with Gasteiger partial charge in [0.1, 0.15) is 0 Å². The average molecular weight is 467 g/mol. The third-order valence-corrected chi connectivity index (χ3v) is 11.1. The summed E-state index contributed by atoms with van der Waals surface area (Å²) in [6.45, 7) is 7.27. The van der Waals surface area contributed by atoms with Gasteiger partial charge in [0, 0.05) is 6.20 Å². The van der Waals surface area contributed by atoms with E-state index in [2.05, 4.69) is 24.9 Å². The summed E-state index contributed by atoms with van der Waals surface area (Å²) in [5.41, 5.74) is -0.224. The average Bonchev–Trinajstić information content (AvgIpc) is 3.24. The van der Waals surface area contributed by atoms with E-state index >= 15 is 0 Å². The summed E-state index contributed by atoms with van der Waals surface area (Å²) in [5.74, 6) is 6.82. The zero-order valence-electron chi connectivity index (χ0n) is 21.7. The van der Waals surface area contributed by atoms with E-state index in [4.69, 9.17) is 6.42 Å². The van der Waals surface area contributed by atoms with Crippen molar-refractivity contribution >= 4 is 0 Å². The highest BCUT2D eigenvalue weighted by atomic mass is 16.3. The second kappa shape index (κ2) is 8.97. The minimum absolute atomic E-state index is 0.190. The molecule has 34 heavy (non-hydrogen) atoms. The van der Waals surface area contributed by atoms with Crippen LogP contribution in [0.3, 0.4) is 0 Å². The van der Waals surface area contributed by atoms with E-state index in [9.17, 15) is 10.2 Å². The molecule has 4 fully saturated rings. The van der Waals surface area contributed by atoms with Crippen LogP contribution in [0.15, 0.2) is 12.4 Å². The molecule has 1 heterocycles. The molecule has 0 spiro atoms. The summed E-state index contributed by atoms with van der Waals surface area (Å²) in [7, 11) is 0. The van der Waals surface area contributed by atoms with Gasteiger partial charge in [-0.05, 0) is 112 Å². The Morgan fingerprint density at radius 2 is 1.94 bits per heavy atom. The Hall–Kier alpha value is -1.31. The Kier molecular flexibility index (Phi) is 6.43. The van der Waals surface area contributed by atoms with Gasteiger partial charge in [-0.3, -0.25) is 4.68 Å². The van der Waals surface area contributed by atoms with E-state index in [-0.39, 0.29) is 11.3 Å². The van der Waals surface area contributed by atoms with Crippen LogP contribution in [0.25, 0.3) is 0 Å². The van der Waals surface area contributed by atoms with Gasteiger partial charge in [0.25, 0.3) is 0 Å². The molecule has 1 aromatic rings. The second-order valence-electron chi connectivity index (χ2n) is 13.1. The van der Waals surface area contributed by atoms with Crippen molar-refractivity contribution in [2.75, 3.05) is 0 Å². The van der Waals surface area contributed by atoms with Crippen LogP contribution in [0.2, 0.25) is 0 Å². The van der Waals surface area contributed by atoms with Gasteiger partial charge in [0.2, 0.25) is 0 Å². The monoisotopic (exact) mass is 466 g/mol. The highest BCUT2D eigenvalue weighted by molar-refractivity contribution is 5.26. The fraction of sp³-hybridized carbons (Fsp3) is 0.833. The number of hydrogen-bond acceptors (Lipinski definition) is 3. The van der Waals surface area contributed by atoms with E-state index in [1.54, 1.807) is 6.20 Å². The molecule has 0 amide bonds. The quantitative estimate of drug-likeness (QED) is 0.539. The molecular weight excluding hydrogens is 420 g/mol. The Balaban J connectivity index is 1.33. The fourth-order valence-electron chi connectivity index (χ4n) is 9.83. The number of rotatable bonds is 5. The molecule has 0 bridgehead atoms. The second-order valence-corrected chi connectivity index (χ2v) is 13.1. The van der Waals surface area contributed by atoms with Crippen molar-refractivity contribution in [3.8, 4) is 12.3 Å². The SMILES string of the molecule is C#Cc1cnn(C[C@@](C)(O)[C@H]2CCC[C@H]3[C@@H]4CC[C@@H]5C[C@@](O)(CCC)CC[C@@H]5[C@H]4CC[C@@]32C)c1. The fourth-order valence-corrected chi connectivity index (χ4v) is 9.83. The minimum Gasteiger partial charge on any atom is -0.390 e. The number of aromatic nitrogens is 2. The summed E-state index contributed by atoms with van der Waals surface area (Å²) in [6.07, 6.45) is 23.3. The zero-order chi connectivity index (χ0) is 24.1. The van der Waals surface area contributed by atoms with Crippen molar-refractivity contribution in [3.05, 3.63) is 18.0 Å². The maximum absolute atomic E-state index is 11.8. The first kappa shape index (κ1) is 24.4. The number of terminal acetylenes is 1. The van der Waals surface area contributed by atoms with E-state index in [0.29, 0.717) is 12.5 Å². The Morgan fingerprint density at radius 1 is 1.15 bits per heavy atom. The molecule has 188 valence electrons. The van der Waals surface area contributed by atoms with Gasteiger partial charge in [0.15, 0.2) is 0 Å². The molecule has 4 aliphatic carbocycles. The van der Waals surface area contributed by atoms with Gasteiger partial charge in [0.05, 0.1) is 29.5 Å². The van der Waals surface area contributed by atoms with E-state index in [0.717, 1.165) is 61.3 Å². The molecular formula is C30H46N2O2. The minimum atomic E-state index is -0.795. The third kappa shape index (κ3) is 4.16. The van der Waals surface area contributed by atoms with Gasteiger partial charge in [-0.1, -0.05) is 32.6 Å². The third-order valence-electron chi connectivity index (χ3n) is 11.1. The number of fused-ring (bicyclic) bond motifs is 5. The topological polar surface area (TPSA) is 58.3 Å². The molecule has 4 saturated carbocycles. The molecule has 2 N–H and O–H groups in total. The Morgan fingerprint density at radius 3 is 2.68 bits per heavy atom. The van der Waals surface area contributed by atoms with Crippen molar-refractivity contribution in [2.24, 2.45) is 40.9 Å². The summed E-state index contributed by atoms with van der Waals surface area (Å²) in [5, 5.41) is 27.4. The highest BCUT2D eigenvalue weighted by Gasteiger charge is 2.59. The van der Waals surface area contributed by atoms with Crippen molar-refractivity contribution in [1.29, 1.82) is 0 Å². The van der Waals surface area contributed by atoms with Crippen LogP contribution in [0.5, 0.6) is 0 Å². The lowest BCUT2D eigenvalue weighted by Gasteiger charge is -2.62. The van der Waals surface area contributed by atoms with Crippen LogP contribution < -0.4 is 0 Å². The summed E-state index contributed by atoms with van der Waals surface area (Å²) >= 11 is 0. The normalized spacial score (nSPS) is 43.6. The molecule has 1 aromatic heterocycles. The van der Waals surface area contributed by atoms with Crippen LogP contribution in [0.1, 0.15) is 103 Å². The lowest BCUT2D eigenvalue weighted by atomic mass is 9.43. The maximum atomic E-state index is 11.8. The Labute approximate surface area is 206 Å². The first-order valence-corrected chi connectivity index (χ1v) is 14.1. The number of aliphatic hydroxyl groups is 2. The maximum Gasteiger partial charge on any atom is 0.0848 e. The highest BCUT2D eigenvalue weighted by Crippen LogP contribution is 2.64. The molecule has 5 rings (SSSR count). The van der Waals surface area contributed by atoms with Crippen molar-refractivity contribution < 1.29 is 10.2 Å². The van der Waals surface area contributed by atoms with Crippen LogP contribution in [-0.4, -0.2) is 31.2 Å². The summed E-state index contributed by atoms with van der Waals surface area (Å²) in [6, 6.07) is 0. The van der Waals surface area contributed by atoms with Crippen molar-refractivity contribution in [3.63, 3.8) is 0 Å². The predicted molar refractivity (Wildman–Crippen MR) is 136 cm³/mol. The molecule has 0 aliphatic heterocycles. The smallest absolute Gasteiger partial charge is 0.0848 e. The molecule has 0 aromatic carbocycles. The van der Waals surface area contributed by atoms with Gasteiger partial charge in [-0.25, -0.2) is 0 Å². The van der Waals surface area contributed by atoms with Crippen molar-refractivity contribution in [2.45, 2.75) is 116 Å². The zero-order valence-corrected chi connectivity index (χ0v) is 21.7. The van der Waals surface area contributed by atoms with E-state index < -0.39 is 11.2 Å². The standard InChI is InChI=1S/C30H46N2O2/c1-5-14-30(34)16-13-23-22(17-30)10-11-25-24(23)12-15-28(3)26(25)8-7-9-27(28)29(4,33)20-32-19-21(6-2)18-31-32/h2,18-19,22-27,33-34H,5,7-17,20H2,1,3-4H3/t22-,23+,24-,25-,26+,27+,28+,29-,30-/m1/s1. The molecule has 0 unspecified atom stereocenters. The van der Waals surface area contributed by atoms with Crippen LogP contribution in [0, 0.1) is 53.3 Å². The first-order chi connectivity index (χ1) is 16.2. The van der Waals surface area contributed by atoms with Crippen LogP contribution >= 0.6 is 0 Å². The van der Waals surface area contributed by atoms with Crippen LogP contribution in [0.4, 0.5) is 0 Å². The Bertz CT molecular complexity index is 915. The summed E-state index contributed by atoms with van der Waals surface area (Å²) in [4.78, 5) is 0.